The van der Waals surface area contributed by atoms with Crippen LogP contribution in [0.1, 0.15) is 5.69 Å². The average molecular weight is 111 g/mol. The van der Waals surface area contributed by atoms with Crippen molar-refractivity contribution in [3.63, 3.8) is 0 Å². The maximum Gasteiger partial charge on any atom is 0.0860 e. The number of hydrogen-bond donors (Lipinski definition) is 0. The highest BCUT2D eigenvalue weighted by molar-refractivity contribution is 4.77. The van der Waals surface area contributed by atoms with Crippen LogP contribution < -0.4 is 4.68 Å². The minimum Gasteiger partial charge on any atom is -0.338 e. The Hall–Kier alpha value is -0.860. The molecule has 1 aromatic heterocycles. The zero-order valence-corrected chi connectivity index (χ0v) is 5.34. The fraction of sp³-hybridized carbons (Fsp3) is 0.600. The summed E-state index contributed by atoms with van der Waals surface area (Å²) in [5.41, 5.74) is 0.926. The van der Waals surface area contributed by atoms with Gasteiger partial charge in [-0.25, -0.2) is 0 Å². The maximum atomic E-state index is 4.03. The van der Waals surface area contributed by atoms with E-state index in [-0.39, 0.29) is 0 Å². The Balaban J connectivity index is 3.14. The molecule has 8 heavy (non-hydrogen) atoms. The lowest BCUT2D eigenvalue weighted by molar-refractivity contribution is -0.759. The van der Waals surface area contributed by atoms with Gasteiger partial charge in [-0.1, -0.05) is 4.80 Å². The molecule has 0 saturated carbocycles. The molecule has 0 radical (unpaired) electrons. The monoisotopic (exact) mass is 111 g/mol. The zero-order valence-electron chi connectivity index (χ0n) is 5.34. The average Bonchev–Trinajstić information content (AvgIpc) is 1.85. The van der Waals surface area contributed by atoms with E-state index in [1.165, 1.54) is 0 Å². The quantitative estimate of drug-likeness (QED) is 0.322. The van der Waals surface area contributed by atoms with Crippen molar-refractivity contribution in [1.29, 1.82) is 0 Å². The molecule has 0 unspecified atom stereocenters. The largest absolute Gasteiger partial charge is 0.338 e. The van der Waals surface area contributed by atoms with Crippen molar-refractivity contribution in [3.8, 4) is 0 Å². The molecule has 0 aliphatic carbocycles. The van der Waals surface area contributed by atoms with E-state index in [9.17, 15) is 0 Å². The molecule has 0 aliphatic rings. The highest BCUT2D eigenvalue weighted by Crippen LogP contribution is 1.78. The third-order valence-electron chi connectivity index (χ3n) is 1.05. The Morgan fingerprint density at radius 1 is 1.75 bits per heavy atom. The first kappa shape index (κ1) is 5.28. The van der Waals surface area contributed by atoms with Crippen LogP contribution >= 0.6 is 0 Å². The first-order chi connectivity index (χ1) is 3.70. The van der Waals surface area contributed by atoms with E-state index in [1.807, 2.05) is 21.0 Å². The second-order valence-corrected chi connectivity index (χ2v) is 1.81. The second kappa shape index (κ2) is 1.58. The third-order valence-corrected chi connectivity index (χ3v) is 1.05. The first-order valence-corrected chi connectivity index (χ1v) is 2.49. The van der Waals surface area contributed by atoms with Crippen molar-refractivity contribution in [1.82, 2.24) is 9.90 Å². The van der Waals surface area contributed by atoms with Crippen LogP contribution in [0.15, 0.2) is 0 Å². The summed E-state index contributed by atoms with van der Waals surface area (Å²) in [6.45, 7) is 1.92. The topological polar surface area (TPSA) is 21.7 Å². The molecule has 0 fully saturated rings. The SMILES string of the molecule is Cc1[c-][n+](C)n(C)n1. The maximum absolute atomic E-state index is 4.03. The lowest BCUT2D eigenvalue weighted by Gasteiger charge is -1.92. The van der Waals surface area contributed by atoms with Gasteiger partial charge in [-0.3, -0.25) is 0 Å². The minimum absolute atomic E-state index is 0.926. The zero-order chi connectivity index (χ0) is 6.15. The third kappa shape index (κ3) is 0.710. The van der Waals surface area contributed by atoms with Crippen LogP contribution in [-0.2, 0) is 14.1 Å². The molecule has 44 valence electrons. The molecule has 0 amide bonds. The van der Waals surface area contributed by atoms with Gasteiger partial charge >= 0.3 is 0 Å². The number of nitrogens with zero attached hydrogens (tertiary/aromatic N) is 3. The molecule has 1 aromatic rings. The summed E-state index contributed by atoms with van der Waals surface area (Å²) in [6, 6.07) is 0. The molecule has 3 nitrogen and oxygen atoms in total. The van der Waals surface area contributed by atoms with Crippen molar-refractivity contribution in [2.45, 2.75) is 6.92 Å². The molecule has 0 N–H and O–H groups in total. The van der Waals surface area contributed by atoms with Crippen molar-refractivity contribution in [3.05, 3.63) is 11.9 Å². The van der Waals surface area contributed by atoms with E-state index in [2.05, 4.69) is 11.3 Å². The summed E-state index contributed by atoms with van der Waals surface area (Å²) in [7, 11) is 3.78. The lowest BCUT2D eigenvalue weighted by atomic mass is 10.6. The summed E-state index contributed by atoms with van der Waals surface area (Å²) in [5, 5.41) is 4.03. The van der Waals surface area contributed by atoms with E-state index < -0.39 is 0 Å². The van der Waals surface area contributed by atoms with E-state index in [0.717, 1.165) is 5.69 Å². The van der Waals surface area contributed by atoms with Gasteiger partial charge in [-0.05, 0) is 12.0 Å². The van der Waals surface area contributed by atoms with Crippen LogP contribution in [-0.4, -0.2) is 9.90 Å². The van der Waals surface area contributed by atoms with Gasteiger partial charge < -0.3 is 4.68 Å². The molecule has 0 atom stereocenters. The predicted molar refractivity (Wildman–Crippen MR) is 28.0 cm³/mol. The van der Waals surface area contributed by atoms with E-state index in [0.29, 0.717) is 0 Å². The number of aryl methyl sites for hydroxylation is 3. The molecule has 0 bridgehead atoms. The molecule has 1 rings (SSSR count). The van der Waals surface area contributed by atoms with Gasteiger partial charge in [0, 0.05) is 5.69 Å². The van der Waals surface area contributed by atoms with Gasteiger partial charge in [0.2, 0.25) is 0 Å². The van der Waals surface area contributed by atoms with Gasteiger partial charge in [-0.15, -0.1) is 0 Å². The van der Waals surface area contributed by atoms with Crippen LogP contribution in [0, 0.1) is 13.1 Å². The minimum atomic E-state index is 0.926. The van der Waals surface area contributed by atoms with Gasteiger partial charge in [0.05, 0.1) is 14.1 Å². The van der Waals surface area contributed by atoms with Crippen molar-refractivity contribution >= 4 is 0 Å². The number of rotatable bonds is 0. The van der Waals surface area contributed by atoms with E-state index in [1.54, 1.807) is 9.48 Å². The van der Waals surface area contributed by atoms with Crippen LogP contribution in [0.4, 0.5) is 0 Å². The smallest absolute Gasteiger partial charge is 0.0860 e. The summed E-state index contributed by atoms with van der Waals surface area (Å²) in [5.74, 6) is 0. The van der Waals surface area contributed by atoms with Gasteiger partial charge in [-0.2, -0.15) is 6.20 Å². The summed E-state index contributed by atoms with van der Waals surface area (Å²) < 4.78 is 1.80. The second-order valence-electron chi connectivity index (χ2n) is 1.81. The van der Waals surface area contributed by atoms with Gasteiger partial charge in [0.15, 0.2) is 0 Å². The molecule has 1 heterocycles. The summed E-state index contributed by atoms with van der Waals surface area (Å²) in [6.07, 6.45) is 2.98. The Labute approximate surface area is 48.5 Å². The standard InChI is InChI=1S/C5H9N3/c1-5-4-7(2)8(3)6-5/h1-3H3. The molecule has 0 aliphatic heterocycles. The van der Waals surface area contributed by atoms with Crippen molar-refractivity contribution in [2.24, 2.45) is 14.1 Å². The van der Waals surface area contributed by atoms with E-state index >= 15 is 0 Å². The van der Waals surface area contributed by atoms with E-state index in [4.69, 9.17) is 0 Å². The lowest BCUT2D eigenvalue weighted by Crippen LogP contribution is -2.37. The molecular weight excluding hydrogens is 102 g/mol. The fourth-order valence-electron chi connectivity index (χ4n) is 0.613. The molecular formula is C5H9N3. The molecule has 0 spiro atoms. The summed E-state index contributed by atoms with van der Waals surface area (Å²) in [4.78, 5) is 1.73. The summed E-state index contributed by atoms with van der Waals surface area (Å²) >= 11 is 0. The fourth-order valence-corrected chi connectivity index (χ4v) is 0.613. The van der Waals surface area contributed by atoms with Crippen molar-refractivity contribution < 1.29 is 4.68 Å². The van der Waals surface area contributed by atoms with Crippen LogP contribution in [0.5, 0.6) is 0 Å². The Morgan fingerprint density at radius 2 is 2.38 bits per heavy atom. The van der Waals surface area contributed by atoms with Crippen LogP contribution in [0.25, 0.3) is 0 Å². The normalized spacial score (nSPS) is 9.88. The molecule has 3 heteroatoms. The van der Waals surface area contributed by atoms with Crippen LogP contribution in [0.3, 0.4) is 0 Å². The number of aromatic nitrogens is 3. The highest BCUT2D eigenvalue weighted by Gasteiger charge is 1.88. The number of hydrogen-bond acceptors (Lipinski definition) is 1. The Morgan fingerprint density at radius 3 is 2.50 bits per heavy atom. The predicted octanol–water partition coefficient (Wildman–Crippen LogP) is -0.647. The molecule has 0 saturated heterocycles. The Kier molecular flexibility index (Phi) is 1.04. The van der Waals surface area contributed by atoms with Crippen molar-refractivity contribution in [2.75, 3.05) is 0 Å². The van der Waals surface area contributed by atoms with Gasteiger partial charge in [0.25, 0.3) is 0 Å². The first-order valence-electron chi connectivity index (χ1n) is 2.49. The highest BCUT2D eigenvalue weighted by atomic mass is 15.5. The van der Waals surface area contributed by atoms with Gasteiger partial charge in [0.1, 0.15) is 0 Å². The molecule has 0 aromatic carbocycles. The Bertz CT molecular complexity index is 170. The van der Waals surface area contributed by atoms with Crippen LogP contribution in [0.2, 0.25) is 0 Å².